The van der Waals surface area contributed by atoms with Gasteiger partial charge in [-0.25, -0.2) is 0 Å². The van der Waals surface area contributed by atoms with Crippen LogP contribution in [0.2, 0.25) is 0 Å². The van der Waals surface area contributed by atoms with Crippen molar-refractivity contribution in [2.24, 2.45) is 0 Å². The maximum absolute atomic E-state index is 13.4. The molecule has 7 nitrogen and oxygen atoms in total. The molecule has 3 aliphatic rings. The highest BCUT2D eigenvalue weighted by Crippen LogP contribution is 2.44. The first-order valence-corrected chi connectivity index (χ1v) is 9.21. The predicted molar refractivity (Wildman–Crippen MR) is 105 cm³/mol. The van der Waals surface area contributed by atoms with E-state index >= 15 is 0 Å². The number of aromatic amines is 1. The van der Waals surface area contributed by atoms with E-state index in [2.05, 4.69) is 4.98 Å². The highest BCUT2D eigenvalue weighted by Gasteiger charge is 2.47. The normalized spacial score (nSPS) is 26.2. The van der Waals surface area contributed by atoms with E-state index in [0.29, 0.717) is 16.2 Å². The zero-order valence-corrected chi connectivity index (χ0v) is 15.1. The largest absolute Gasteiger partial charge is 0.454 e. The van der Waals surface area contributed by atoms with Gasteiger partial charge in [0.2, 0.25) is 18.6 Å². The first kappa shape index (κ1) is 11.5. The molecule has 3 aromatic rings. The predicted octanol–water partition coefficient (Wildman–Crippen LogP) is 2.21. The zero-order chi connectivity index (χ0) is 24.8. The summed E-state index contributed by atoms with van der Waals surface area (Å²) in [4.78, 5) is 32.0. The number of fused-ring (bicyclic) bond motifs is 5. The van der Waals surface area contributed by atoms with E-state index in [0.717, 1.165) is 10.9 Å². The third kappa shape index (κ3) is 2.24. The Bertz CT molecular complexity index is 1440. The van der Waals surface area contributed by atoms with Crippen LogP contribution in [-0.4, -0.2) is 53.0 Å². The van der Waals surface area contributed by atoms with Crippen LogP contribution in [0.4, 0.5) is 0 Å². The van der Waals surface area contributed by atoms with E-state index in [4.69, 9.17) is 17.7 Å². The Morgan fingerprint density at radius 3 is 2.97 bits per heavy atom. The van der Waals surface area contributed by atoms with Gasteiger partial charge in [-0.3, -0.25) is 9.59 Å². The molecule has 29 heavy (non-hydrogen) atoms. The minimum absolute atomic E-state index is 0.000637. The lowest BCUT2D eigenvalue weighted by molar-refractivity contribution is -0.157. The zero-order valence-electron chi connectivity index (χ0n) is 21.1. The summed E-state index contributed by atoms with van der Waals surface area (Å²) in [6.45, 7) is -3.64. The number of nitrogens with zero attached hydrogens (tertiary/aromatic N) is 2. The molecule has 0 spiro atoms. The smallest absolute Gasteiger partial charge is 0.245 e. The molecule has 0 saturated carbocycles. The first-order valence-electron chi connectivity index (χ1n) is 12.2. The summed E-state index contributed by atoms with van der Waals surface area (Å²) in [5.74, 6) is -1.36. The van der Waals surface area contributed by atoms with E-state index in [9.17, 15) is 9.59 Å². The van der Waals surface area contributed by atoms with Gasteiger partial charge >= 0.3 is 0 Å². The maximum atomic E-state index is 13.4. The number of nitrogens with one attached hydrogen (secondary N) is 1. The van der Waals surface area contributed by atoms with E-state index in [1.807, 2.05) is 24.3 Å². The molecule has 1 aromatic heterocycles. The molecule has 1 N–H and O–H groups in total. The van der Waals surface area contributed by atoms with Crippen molar-refractivity contribution in [3.8, 4) is 11.5 Å². The lowest BCUT2D eigenvalue weighted by atomic mass is 9.86. The van der Waals surface area contributed by atoms with Crippen molar-refractivity contribution in [2.75, 3.05) is 20.3 Å². The molecule has 1 fully saturated rings. The van der Waals surface area contributed by atoms with Crippen LogP contribution in [0, 0.1) is 0 Å². The minimum atomic E-state index is -2.79. The third-order valence-electron chi connectivity index (χ3n) is 5.71. The van der Waals surface area contributed by atoms with Gasteiger partial charge < -0.3 is 24.3 Å². The van der Waals surface area contributed by atoms with Gasteiger partial charge in [-0.1, -0.05) is 24.2 Å². The number of carbonyl (C=O) groups excluding carboxylic acids is 2. The summed E-state index contributed by atoms with van der Waals surface area (Å²) in [6.07, 6.45) is 0.0753. The van der Waals surface area contributed by atoms with Gasteiger partial charge in [-0.05, 0) is 29.3 Å². The van der Waals surface area contributed by atoms with Gasteiger partial charge in [0.05, 0.1) is 16.7 Å². The van der Waals surface area contributed by atoms with Crippen molar-refractivity contribution in [1.29, 1.82) is 0 Å². The van der Waals surface area contributed by atoms with Gasteiger partial charge in [0, 0.05) is 34.1 Å². The van der Waals surface area contributed by atoms with Crippen molar-refractivity contribution in [2.45, 2.75) is 18.5 Å². The second-order valence-corrected chi connectivity index (χ2v) is 7.26. The van der Waals surface area contributed by atoms with Gasteiger partial charge in [0.1, 0.15) is 6.04 Å². The molecule has 2 atom stereocenters. The summed E-state index contributed by atoms with van der Waals surface area (Å²) in [7, 11) is 0. The monoisotopic (exact) mass is 395 g/mol. The number of benzene rings is 2. The van der Waals surface area contributed by atoms with Crippen molar-refractivity contribution in [3.05, 3.63) is 59.2 Å². The van der Waals surface area contributed by atoms with E-state index in [1.54, 1.807) is 0 Å². The van der Waals surface area contributed by atoms with Crippen LogP contribution < -0.4 is 9.47 Å². The SMILES string of the molecule is [2H]c1c([2H])c(C2c3[nH]c4ccccc4c3C[C@@H]3C(=O)N(C([2H])([2H])[2H])CC(=O)N23)c([2H])c2c1OCO2. The fraction of sp³-hybridized carbons (Fsp3) is 0.273. The highest BCUT2D eigenvalue weighted by molar-refractivity contribution is 5.97. The van der Waals surface area contributed by atoms with E-state index in [-0.39, 0.29) is 48.4 Å². The molecule has 0 bridgehead atoms. The summed E-state index contributed by atoms with van der Waals surface area (Å²) in [5.41, 5.74) is 1.97. The minimum Gasteiger partial charge on any atom is -0.454 e. The Balaban J connectivity index is 1.63. The molecule has 3 aliphatic heterocycles. The van der Waals surface area contributed by atoms with Crippen LogP contribution in [-0.2, 0) is 16.0 Å². The number of aromatic nitrogens is 1. The lowest BCUT2D eigenvalue weighted by Crippen LogP contribution is -2.62. The molecule has 1 saturated heterocycles. The number of amides is 2. The highest BCUT2D eigenvalue weighted by atomic mass is 16.7. The fourth-order valence-corrected chi connectivity index (χ4v) is 4.45. The van der Waals surface area contributed by atoms with Crippen LogP contribution in [0.25, 0.3) is 10.9 Å². The van der Waals surface area contributed by atoms with Crippen LogP contribution in [0.15, 0.2) is 42.4 Å². The Morgan fingerprint density at radius 1 is 1.21 bits per heavy atom. The van der Waals surface area contributed by atoms with Crippen molar-refractivity contribution < 1.29 is 27.3 Å². The van der Waals surface area contributed by atoms with Gasteiger partial charge in [-0.15, -0.1) is 0 Å². The van der Waals surface area contributed by atoms with Crippen molar-refractivity contribution >= 4 is 22.7 Å². The lowest BCUT2D eigenvalue weighted by Gasteiger charge is -2.46. The Labute approximate surface area is 175 Å². The molecule has 7 heteroatoms. The Kier molecular flexibility index (Phi) is 2.29. The molecule has 6 rings (SSSR count). The molecule has 0 radical (unpaired) electrons. The molecule has 2 amide bonds. The van der Waals surface area contributed by atoms with Gasteiger partial charge in [0.25, 0.3) is 0 Å². The second-order valence-electron chi connectivity index (χ2n) is 7.26. The maximum Gasteiger partial charge on any atom is 0.245 e. The number of para-hydroxylation sites is 1. The van der Waals surface area contributed by atoms with Crippen molar-refractivity contribution in [3.63, 3.8) is 0 Å². The molecule has 4 heterocycles. The molecular weight excluding hydrogens is 370 g/mol. The number of ether oxygens (including phenoxy) is 2. The fourth-order valence-electron chi connectivity index (χ4n) is 4.45. The number of carbonyl (C=O) groups is 2. The van der Waals surface area contributed by atoms with E-state index < -0.39 is 37.4 Å². The Morgan fingerprint density at radius 2 is 2.07 bits per heavy atom. The average Bonchev–Trinajstić information content (AvgIpc) is 3.44. The Hall–Kier alpha value is -3.48. The average molecular weight is 395 g/mol. The number of H-pyrrole nitrogens is 1. The molecule has 2 aromatic carbocycles. The van der Waals surface area contributed by atoms with Crippen molar-refractivity contribution in [1.82, 2.24) is 14.8 Å². The number of piperazine rings is 1. The van der Waals surface area contributed by atoms with Crippen LogP contribution in [0.3, 0.4) is 0 Å². The summed E-state index contributed by atoms with van der Waals surface area (Å²) >= 11 is 0. The number of hydrogen-bond donors (Lipinski definition) is 1. The molecule has 146 valence electrons. The quantitative estimate of drug-likeness (QED) is 0.686. The van der Waals surface area contributed by atoms with Crippen LogP contribution in [0.5, 0.6) is 11.5 Å². The number of hydrogen-bond acceptors (Lipinski definition) is 4. The number of rotatable bonds is 1. The topological polar surface area (TPSA) is 74.9 Å². The van der Waals surface area contributed by atoms with E-state index in [1.165, 1.54) is 4.90 Å². The van der Waals surface area contributed by atoms with Gasteiger partial charge in [-0.2, -0.15) is 0 Å². The second kappa shape index (κ2) is 5.76. The first-order chi connectivity index (χ1) is 16.6. The summed E-state index contributed by atoms with van der Waals surface area (Å²) < 4.78 is 59.8. The number of likely N-dealkylation sites (N-methyl/N-ethyl adjacent to an activating group) is 1. The molecule has 1 unspecified atom stereocenters. The summed E-state index contributed by atoms with van der Waals surface area (Å²) in [6, 6.07) is 4.27. The van der Waals surface area contributed by atoms with Crippen LogP contribution in [0.1, 0.15) is 31.1 Å². The molecular formula is C22H19N3O4. The third-order valence-corrected chi connectivity index (χ3v) is 5.71. The molecule has 0 aliphatic carbocycles. The summed E-state index contributed by atoms with van der Waals surface area (Å²) in [5, 5.41) is 0.795. The van der Waals surface area contributed by atoms with Crippen LogP contribution >= 0.6 is 0 Å². The van der Waals surface area contributed by atoms with Gasteiger partial charge in [0.15, 0.2) is 11.5 Å². The standard InChI is InChI=1S/C22H19N3O4/c1-24-10-19(26)25-16(22(24)27)9-14-13-4-2-3-5-15(13)23-20(14)21(25)12-6-7-17-18(8-12)29-11-28-17/h2-8,16,21,23H,9-11H2,1H3/t16-,21?/m1/s1/i1D3,6D,7D,8D.